The zero-order valence-electron chi connectivity index (χ0n) is 10.5. The molecule has 0 saturated heterocycles. The summed E-state index contributed by atoms with van der Waals surface area (Å²) in [5.41, 5.74) is 2.86. The van der Waals surface area contributed by atoms with Crippen LogP contribution in [0.4, 0.5) is 0 Å². The first-order valence-corrected chi connectivity index (χ1v) is 6.90. The maximum absolute atomic E-state index is 12.0. The first-order valence-electron chi connectivity index (χ1n) is 6.10. The predicted octanol–water partition coefficient (Wildman–Crippen LogP) is 3.76. The summed E-state index contributed by atoms with van der Waals surface area (Å²) in [7, 11) is 0. The zero-order chi connectivity index (χ0) is 13.7. The molecule has 0 atom stereocenters. The summed E-state index contributed by atoms with van der Waals surface area (Å²) in [5, 5.41) is 2.91. The van der Waals surface area contributed by atoms with Gasteiger partial charge in [0.25, 0.3) is 5.91 Å². The van der Waals surface area contributed by atoms with E-state index in [1.165, 1.54) is 0 Å². The number of hydrogen-bond donors (Lipinski definition) is 1. The van der Waals surface area contributed by atoms with Crippen molar-refractivity contribution < 1.29 is 4.79 Å². The molecule has 1 radical (unpaired) electrons. The van der Waals surface area contributed by atoms with Crippen LogP contribution < -0.4 is 5.32 Å². The van der Waals surface area contributed by atoms with Crippen molar-refractivity contribution in [2.24, 2.45) is 0 Å². The van der Waals surface area contributed by atoms with E-state index in [4.69, 9.17) is 0 Å². The van der Waals surface area contributed by atoms with Gasteiger partial charge in [-0.25, -0.2) is 0 Å². The Kier molecular flexibility index (Phi) is 4.74. The summed E-state index contributed by atoms with van der Waals surface area (Å²) in [6, 6.07) is 15.4. The van der Waals surface area contributed by atoms with Crippen LogP contribution >= 0.6 is 15.9 Å². The Bertz CT molecular complexity index is 563. The average molecular weight is 317 g/mol. The highest BCUT2D eigenvalue weighted by molar-refractivity contribution is 9.10. The van der Waals surface area contributed by atoms with Crippen molar-refractivity contribution in [2.45, 2.75) is 13.0 Å². The van der Waals surface area contributed by atoms with E-state index in [9.17, 15) is 4.79 Å². The molecule has 2 rings (SSSR count). The van der Waals surface area contributed by atoms with Crippen LogP contribution in [-0.4, -0.2) is 5.91 Å². The highest BCUT2D eigenvalue weighted by Gasteiger charge is 2.06. The molecule has 0 aliphatic heterocycles. The number of hydrogen-bond acceptors (Lipinski definition) is 1. The van der Waals surface area contributed by atoms with Crippen molar-refractivity contribution >= 4 is 21.8 Å². The quantitative estimate of drug-likeness (QED) is 0.914. The van der Waals surface area contributed by atoms with Crippen molar-refractivity contribution in [1.29, 1.82) is 0 Å². The van der Waals surface area contributed by atoms with E-state index in [1.54, 1.807) is 0 Å². The van der Waals surface area contributed by atoms with Crippen LogP contribution in [0, 0.1) is 6.92 Å². The van der Waals surface area contributed by atoms with Crippen molar-refractivity contribution in [3.8, 4) is 0 Å². The molecule has 19 heavy (non-hydrogen) atoms. The van der Waals surface area contributed by atoms with Gasteiger partial charge in [-0.05, 0) is 42.7 Å². The van der Waals surface area contributed by atoms with Crippen molar-refractivity contribution in [3.05, 3.63) is 76.6 Å². The van der Waals surface area contributed by atoms with Gasteiger partial charge in [0, 0.05) is 16.6 Å². The van der Waals surface area contributed by atoms with Crippen molar-refractivity contribution in [1.82, 2.24) is 5.32 Å². The first-order chi connectivity index (χ1) is 9.20. The zero-order valence-corrected chi connectivity index (χ0v) is 12.1. The van der Waals surface area contributed by atoms with Crippen LogP contribution in [0.25, 0.3) is 0 Å². The third-order valence-electron chi connectivity index (χ3n) is 2.90. The fourth-order valence-electron chi connectivity index (χ4n) is 1.74. The molecule has 0 bridgehead atoms. The van der Waals surface area contributed by atoms with Crippen LogP contribution in [0.2, 0.25) is 0 Å². The van der Waals surface area contributed by atoms with Gasteiger partial charge in [0.05, 0.1) is 0 Å². The van der Waals surface area contributed by atoms with Crippen LogP contribution in [-0.2, 0) is 13.0 Å². The van der Waals surface area contributed by atoms with Crippen LogP contribution in [0.15, 0.2) is 53.0 Å². The molecule has 0 aromatic heterocycles. The molecular formula is C16H15BrNO. The molecule has 2 aromatic carbocycles. The lowest BCUT2D eigenvalue weighted by atomic mass is 10.1. The molecule has 1 amide bonds. The fraction of sp³-hybridized carbons (Fsp3) is 0.125. The summed E-state index contributed by atoms with van der Waals surface area (Å²) in [6.45, 7) is 4.32. The standard InChI is InChI=1S/C16H15BrNO/c1-2-12-7-9-13(10-8-12)16(19)18-11-14-5-3-4-6-15(14)17/h3-10H,1-2,11H2,(H,18,19). The lowest BCUT2D eigenvalue weighted by molar-refractivity contribution is 0.0951. The van der Waals surface area contributed by atoms with Gasteiger partial charge < -0.3 is 5.32 Å². The van der Waals surface area contributed by atoms with Crippen LogP contribution in [0.3, 0.4) is 0 Å². The molecule has 0 unspecified atom stereocenters. The lowest BCUT2D eigenvalue weighted by Gasteiger charge is -2.07. The van der Waals surface area contributed by atoms with Gasteiger partial charge in [0.1, 0.15) is 0 Å². The molecule has 3 heteroatoms. The minimum absolute atomic E-state index is 0.0636. The molecule has 0 fully saturated rings. The normalized spacial score (nSPS) is 10.2. The Morgan fingerprint density at radius 1 is 1.11 bits per heavy atom. The number of rotatable bonds is 4. The second kappa shape index (κ2) is 6.53. The molecule has 0 spiro atoms. The Morgan fingerprint density at radius 3 is 2.42 bits per heavy atom. The maximum Gasteiger partial charge on any atom is 0.251 e. The number of amides is 1. The number of benzene rings is 2. The Hall–Kier alpha value is -1.61. The summed E-state index contributed by atoms with van der Waals surface area (Å²) < 4.78 is 1.00. The van der Waals surface area contributed by atoms with Gasteiger partial charge in [0.15, 0.2) is 0 Å². The Balaban J connectivity index is 1.99. The second-order valence-corrected chi connectivity index (χ2v) is 5.08. The Morgan fingerprint density at radius 2 is 1.79 bits per heavy atom. The van der Waals surface area contributed by atoms with Crippen molar-refractivity contribution in [3.63, 3.8) is 0 Å². The van der Waals surface area contributed by atoms with Gasteiger partial charge in [-0.2, -0.15) is 0 Å². The topological polar surface area (TPSA) is 29.1 Å². The number of halogens is 1. The maximum atomic E-state index is 12.0. The minimum atomic E-state index is -0.0636. The van der Waals surface area contributed by atoms with E-state index >= 15 is 0 Å². The summed E-state index contributed by atoms with van der Waals surface area (Å²) >= 11 is 3.46. The number of carbonyl (C=O) groups excluding carboxylic acids is 1. The van der Waals surface area contributed by atoms with Crippen LogP contribution in [0.1, 0.15) is 21.5 Å². The average Bonchev–Trinajstić information content (AvgIpc) is 2.46. The van der Waals surface area contributed by atoms with E-state index in [2.05, 4.69) is 28.2 Å². The SMILES string of the molecule is [CH2]Cc1ccc(C(=O)NCc2ccccc2Br)cc1. The van der Waals surface area contributed by atoms with Gasteiger partial charge in [0.2, 0.25) is 0 Å². The predicted molar refractivity (Wildman–Crippen MR) is 80.8 cm³/mol. The van der Waals surface area contributed by atoms with E-state index in [0.29, 0.717) is 12.1 Å². The van der Waals surface area contributed by atoms with Crippen LogP contribution in [0.5, 0.6) is 0 Å². The van der Waals surface area contributed by atoms with E-state index < -0.39 is 0 Å². The fourth-order valence-corrected chi connectivity index (χ4v) is 2.17. The van der Waals surface area contributed by atoms with E-state index in [-0.39, 0.29) is 5.91 Å². The number of carbonyl (C=O) groups is 1. The molecule has 97 valence electrons. The Labute approximate surface area is 122 Å². The third kappa shape index (κ3) is 3.67. The van der Waals surface area contributed by atoms with E-state index in [0.717, 1.165) is 22.0 Å². The summed E-state index contributed by atoms with van der Waals surface area (Å²) in [5.74, 6) is -0.0636. The highest BCUT2D eigenvalue weighted by atomic mass is 79.9. The molecule has 1 N–H and O–H groups in total. The van der Waals surface area contributed by atoms with Gasteiger partial charge >= 0.3 is 0 Å². The van der Waals surface area contributed by atoms with Gasteiger partial charge in [-0.1, -0.05) is 46.3 Å². The summed E-state index contributed by atoms with van der Waals surface area (Å²) in [4.78, 5) is 12.0. The van der Waals surface area contributed by atoms with Gasteiger partial charge in [-0.3, -0.25) is 4.79 Å². The third-order valence-corrected chi connectivity index (χ3v) is 3.68. The molecule has 0 aliphatic carbocycles. The lowest BCUT2D eigenvalue weighted by Crippen LogP contribution is -2.22. The summed E-state index contributed by atoms with van der Waals surface area (Å²) in [6.07, 6.45) is 0.735. The second-order valence-electron chi connectivity index (χ2n) is 4.22. The molecule has 0 heterocycles. The molecule has 2 nitrogen and oxygen atoms in total. The monoisotopic (exact) mass is 316 g/mol. The smallest absolute Gasteiger partial charge is 0.251 e. The largest absolute Gasteiger partial charge is 0.348 e. The molecule has 0 aliphatic rings. The molecule has 2 aromatic rings. The number of nitrogens with one attached hydrogen (secondary N) is 1. The molecule has 0 saturated carbocycles. The van der Waals surface area contributed by atoms with Gasteiger partial charge in [-0.15, -0.1) is 0 Å². The van der Waals surface area contributed by atoms with Crippen molar-refractivity contribution in [2.75, 3.05) is 0 Å². The molecular weight excluding hydrogens is 302 g/mol. The first kappa shape index (κ1) is 13.8. The van der Waals surface area contributed by atoms with E-state index in [1.807, 2.05) is 48.5 Å². The highest BCUT2D eigenvalue weighted by Crippen LogP contribution is 2.15. The minimum Gasteiger partial charge on any atom is -0.348 e.